The molecule has 10 nitrogen and oxygen atoms in total. The largest absolute Gasteiger partial charge is 0.388 e. The van der Waals surface area contributed by atoms with E-state index >= 15 is 0 Å². The van der Waals surface area contributed by atoms with Crippen LogP contribution in [0.15, 0.2) is 72.8 Å². The van der Waals surface area contributed by atoms with Gasteiger partial charge in [0.15, 0.2) is 0 Å². The van der Waals surface area contributed by atoms with Crippen LogP contribution in [0.4, 0.5) is 11.4 Å². The molecule has 3 aromatic rings. The first kappa shape index (κ1) is 33.9. The summed E-state index contributed by atoms with van der Waals surface area (Å²) in [7, 11) is 3.59. The van der Waals surface area contributed by atoms with E-state index in [1.165, 1.54) is 11.8 Å². The minimum atomic E-state index is -0.226. The van der Waals surface area contributed by atoms with Gasteiger partial charge in [0.2, 0.25) is 18.7 Å². The molecule has 0 radical (unpaired) electrons. The van der Waals surface area contributed by atoms with E-state index in [0.29, 0.717) is 42.7 Å². The Kier molecular flexibility index (Phi) is 15.7. The molecule has 0 atom stereocenters. The van der Waals surface area contributed by atoms with Crippen molar-refractivity contribution in [3.8, 4) is 0 Å². The van der Waals surface area contributed by atoms with Crippen molar-refractivity contribution < 1.29 is 28.8 Å². The first-order chi connectivity index (χ1) is 19.8. The van der Waals surface area contributed by atoms with Gasteiger partial charge in [0, 0.05) is 56.6 Å². The summed E-state index contributed by atoms with van der Waals surface area (Å²) >= 11 is 0. The van der Waals surface area contributed by atoms with Gasteiger partial charge >= 0.3 is 0 Å². The molecule has 0 aliphatic carbocycles. The molecule has 2 N–H and O–H groups in total. The third-order valence-corrected chi connectivity index (χ3v) is 5.87. The minimum Gasteiger partial charge on any atom is -0.388 e. The first-order valence-electron chi connectivity index (χ1n) is 12.7. The molecule has 0 aromatic heterocycles. The van der Waals surface area contributed by atoms with Gasteiger partial charge in [-0.15, -0.1) is 0 Å². The van der Waals surface area contributed by atoms with E-state index in [4.69, 9.17) is 4.79 Å². The second-order valence-electron chi connectivity index (χ2n) is 8.74. The number of anilines is 2. The summed E-state index contributed by atoms with van der Waals surface area (Å²) in [5.74, 6) is -0.447. The average Bonchev–Trinajstić information content (AvgIpc) is 3.02. The van der Waals surface area contributed by atoms with E-state index in [1.807, 2.05) is 62.4 Å². The van der Waals surface area contributed by atoms with Crippen LogP contribution in [0, 0.1) is 0 Å². The van der Waals surface area contributed by atoms with Crippen molar-refractivity contribution in [2.45, 2.75) is 19.8 Å². The van der Waals surface area contributed by atoms with Gasteiger partial charge in [0.25, 0.3) is 5.91 Å². The van der Waals surface area contributed by atoms with Crippen LogP contribution in [0.5, 0.6) is 0 Å². The van der Waals surface area contributed by atoms with Crippen LogP contribution in [0.2, 0.25) is 0 Å². The number of hydrogen-bond donors (Lipinski definition) is 2. The molecular formula is C31H36N4O6. The van der Waals surface area contributed by atoms with Crippen LogP contribution in [0.3, 0.4) is 0 Å². The van der Waals surface area contributed by atoms with Gasteiger partial charge in [0.05, 0.1) is 0 Å². The summed E-state index contributed by atoms with van der Waals surface area (Å²) < 4.78 is 0. The highest BCUT2D eigenvalue weighted by atomic mass is 16.2. The maximum Gasteiger partial charge on any atom is 0.255 e. The number of carbonyl (C=O) groups excluding carboxylic acids is 6. The number of nitrogens with one attached hydrogen (secondary N) is 2. The summed E-state index contributed by atoms with van der Waals surface area (Å²) in [4.78, 5) is 65.5. The lowest BCUT2D eigenvalue weighted by Gasteiger charge is -2.12. The number of hydrogen-bond acceptors (Lipinski definition) is 7. The molecule has 10 heteroatoms. The van der Waals surface area contributed by atoms with Crippen molar-refractivity contribution in [2.24, 2.45) is 0 Å². The van der Waals surface area contributed by atoms with Gasteiger partial charge < -0.3 is 20.3 Å². The number of imide groups is 1. The van der Waals surface area contributed by atoms with E-state index in [9.17, 15) is 24.0 Å². The minimum absolute atomic E-state index is 0.221. The van der Waals surface area contributed by atoms with Crippen LogP contribution in [-0.4, -0.2) is 74.7 Å². The van der Waals surface area contributed by atoms with Crippen LogP contribution in [0.25, 0.3) is 0 Å². The molecule has 216 valence electrons. The molecule has 0 aliphatic rings. The normalized spacial score (nSPS) is 9.44. The van der Waals surface area contributed by atoms with E-state index in [-0.39, 0.29) is 11.8 Å². The lowest BCUT2D eigenvalue weighted by atomic mass is 10.1. The van der Waals surface area contributed by atoms with Gasteiger partial charge in [-0.25, -0.2) is 0 Å². The number of carbonyl (C=O) groups is 6. The summed E-state index contributed by atoms with van der Waals surface area (Å²) in [6, 6.07) is 21.8. The second-order valence-corrected chi connectivity index (χ2v) is 8.74. The third-order valence-electron chi connectivity index (χ3n) is 5.87. The molecule has 0 bridgehead atoms. The first-order valence-corrected chi connectivity index (χ1v) is 12.7. The Labute approximate surface area is 240 Å². The molecule has 0 heterocycles. The molecule has 0 saturated heterocycles. The summed E-state index contributed by atoms with van der Waals surface area (Å²) in [5.41, 5.74) is 4.96. The summed E-state index contributed by atoms with van der Waals surface area (Å²) in [5, 5.41) is 5.83. The number of nitrogens with zero attached hydrogens (tertiary/aromatic N) is 2. The zero-order valence-electron chi connectivity index (χ0n) is 23.5. The molecule has 0 aliphatic heterocycles. The summed E-state index contributed by atoms with van der Waals surface area (Å²) in [6.07, 6.45) is 3.55. The number of aldehydes is 1. The zero-order valence-corrected chi connectivity index (χ0v) is 23.5. The van der Waals surface area contributed by atoms with Crippen molar-refractivity contribution in [3.05, 3.63) is 95.1 Å². The molecule has 0 saturated carbocycles. The van der Waals surface area contributed by atoms with Crippen molar-refractivity contribution in [1.82, 2.24) is 9.80 Å². The van der Waals surface area contributed by atoms with E-state index in [1.54, 1.807) is 36.2 Å². The Morgan fingerprint density at radius 3 is 1.71 bits per heavy atom. The molecule has 0 fully saturated rings. The van der Waals surface area contributed by atoms with Crippen molar-refractivity contribution in [3.63, 3.8) is 0 Å². The standard InChI is InChI=1S/C18H18N2O3.C12H16N2O2.CH2O/c1-20(13-22)11-10-14-4-8-17(9-5-14)19-18(23)16-6-2-15(12-21)3-7-16;1-10(16)14(9-15)8-7-11-3-5-12(13-2)6-4-11;1-2/h2-9,12-13H,10-11H2,1H3,(H,19,23);3-6,9,13H,7-8H2,1-2H3;1H2. The highest BCUT2D eigenvalue weighted by molar-refractivity contribution is 6.04. The Bertz CT molecular complexity index is 1250. The Morgan fingerprint density at radius 1 is 0.756 bits per heavy atom. The van der Waals surface area contributed by atoms with Gasteiger partial charge in [-0.2, -0.15) is 0 Å². The maximum atomic E-state index is 12.1. The SMILES string of the molecule is C=O.CN(C=O)CCc1ccc(NC(=O)c2ccc(C=O)cc2)cc1.CNc1ccc(CCN(C=O)C(C)=O)cc1. The molecule has 4 amide bonds. The fourth-order valence-corrected chi connectivity index (χ4v) is 3.40. The summed E-state index contributed by atoms with van der Waals surface area (Å²) in [6.45, 7) is 4.47. The molecule has 3 rings (SSSR count). The lowest BCUT2D eigenvalue weighted by molar-refractivity contribution is -0.136. The predicted molar refractivity (Wildman–Crippen MR) is 159 cm³/mol. The monoisotopic (exact) mass is 560 g/mol. The second kappa shape index (κ2) is 19.0. The quantitative estimate of drug-likeness (QED) is 0.324. The number of benzene rings is 3. The predicted octanol–water partition coefficient (Wildman–Crippen LogP) is 3.47. The molecule has 0 spiro atoms. The number of amides is 4. The van der Waals surface area contributed by atoms with Gasteiger partial charge in [-0.3, -0.25) is 28.9 Å². The van der Waals surface area contributed by atoms with Crippen molar-refractivity contribution in [1.29, 1.82) is 0 Å². The van der Waals surface area contributed by atoms with Gasteiger partial charge in [-0.1, -0.05) is 36.4 Å². The Morgan fingerprint density at radius 2 is 1.27 bits per heavy atom. The van der Waals surface area contributed by atoms with Crippen LogP contribution in [-0.2, 0) is 32.0 Å². The topological polar surface area (TPSA) is 133 Å². The number of likely N-dealkylation sites (N-methyl/N-ethyl adjacent to an activating group) is 1. The molecular weight excluding hydrogens is 524 g/mol. The highest BCUT2D eigenvalue weighted by Crippen LogP contribution is 2.13. The van der Waals surface area contributed by atoms with Crippen molar-refractivity contribution >= 4 is 49.1 Å². The number of rotatable bonds is 12. The van der Waals surface area contributed by atoms with E-state index in [2.05, 4.69) is 10.6 Å². The molecule has 0 unspecified atom stereocenters. The molecule has 3 aromatic carbocycles. The molecule has 41 heavy (non-hydrogen) atoms. The zero-order chi connectivity index (χ0) is 30.6. The fraction of sp³-hybridized carbons (Fsp3) is 0.226. The third kappa shape index (κ3) is 12.5. The Balaban J connectivity index is 0.000000410. The highest BCUT2D eigenvalue weighted by Gasteiger charge is 2.07. The van der Waals surface area contributed by atoms with Crippen LogP contribution < -0.4 is 10.6 Å². The fourth-order valence-electron chi connectivity index (χ4n) is 3.40. The van der Waals surface area contributed by atoms with Gasteiger partial charge in [-0.05, 0) is 60.4 Å². The van der Waals surface area contributed by atoms with Crippen LogP contribution >= 0.6 is 0 Å². The van der Waals surface area contributed by atoms with Crippen molar-refractivity contribution in [2.75, 3.05) is 37.8 Å². The van der Waals surface area contributed by atoms with E-state index in [0.717, 1.165) is 35.9 Å². The lowest BCUT2D eigenvalue weighted by Crippen LogP contribution is -2.29. The maximum absolute atomic E-state index is 12.1. The Hall–Kier alpha value is -5.12. The van der Waals surface area contributed by atoms with Gasteiger partial charge in [0.1, 0.15) is 13.1 Å². The smallest absolute Gasteiger partial charge is 0.255 e. The van der Waals surface area contributed by atoms with Crippen LogP contribution in [0.1, 0.15) is 38.8 Å². The average molecular weight is 561 g/mol. The van der Waals surface area contributed by atoms with E-state index < -0.39 is 0 Å².